The molecule has 0 bridgehead atoms. The van der Waals surface area contributed by atoms with E-state index in [0.717, 1.165) is 4.90 Å². The second kappa shape index (κ2) is 4.70. The number of nitrogens with one attached hydrogen (secondary N) is 2. The molecule has 20 heavy (non-hydrogen) atoms. The minimum atomic E-state index is -1.37. The Labute approximate surface area is 113 Å². The summed E-state index contributed by atoms with van der Waals surface area (Å²) >= 11 is 0. The van der Waals surface area contributed by atoms with Crippen molar-refractivity contribution >= 4 is 6.03 Å². The van der Waals surface area contributed by atoms with E-state index in [1.807, 2.05) is 0 Å². The average Bonchev–Trinajstić information content (AvgIpc) is 2.89. The lowest BCUT2D eigenvalue weighted by Gasteiger charge is -2.33. The van der Waals surface area contributed by atoms with Gasteiger partial charge in [-0.25, -0.2) is 4.79 Å². The number of carbonyl (C=O) groups is 1. The Hall–Kier alpha value is -1.68. The Kier molecular flexibility index (Phi) is 3.13. The van der Waals surface area contributed by atoms with Gasteiger partial charge in [-0.2, -0.15) is 4.39 Å². The first-order valence-corrected chi connectivity index (χ1v) is 6.08. The fraction of sp³-hybridized carbons (Fsp3) is 0.545. The molecule has 0 aromatic heterocycles. The van der Waals surface area contributed by atoms with Crippen LogP contribution in [0, 0.1) is 0 Å². The molecule has 0 aromatic carbocycles. The molecule has 1 fully saturated rings. The van der Waals surface area contributed by atoms with Crippen molar-refractivity contribution in [3.05, 3.63) is 23.8 Å². The third-order valence-corrected chi connectivity index (χ3v) is 3.49. The topological polar surface area (TPSA) is 114 Å². The third kappa shape index (κ3) is 1.95. The molecule has 3 heterocycles. The predicted molar refractivity (Wildman–Crippen MR) is 62.3 cm³/mol. The quantitative estimate of drug-likeness (QED) is 0.378. The summed E-state index contributed by atoms with van der Waals surface area (Å²) in [5.41, 5.74) is 0.458. The molecule has 5 N–H and O–H groups in total. The van der Waals surface area contributed by atoms with Crippen LogP contribution in [0.15, 0.2) is 23.8 Å². The van der Waals surface area contributed by atoms with E-state index in [0.29, 0.717) is 5.57 Å². The molecule has 1 saturated heterocycles. The Bertz CT molecular complexity index is 496. The zero-order valence-electron chi connectivity index (χ0n) is 10.2. The first-order chi connectivity index (χ1) is 9.51. The van der Waals surface area contributed by atoms with Crippen LogP contribution in [0.4, 0.5) is 9.18 Å². The molecule has 2 amide bonds. The molecule has 0 radical (unpaired) electrons. The second-order valence-electron chi connectivity index (χ2n) is 4.78. The maximum absolute atomic E-state index is 13.1. The highest BCUT2D eigenvalue weighted by Crippen LogP contribution is 2.28. The molecule has 5 atom stereocenters. The number of aliphatic hydroxyl groups excluding tert-OH is 3. The Morgan fingerprint density at radius 2 is 2.10 bits per heavy atom. The largest absolute Gasteiger partial charge is 0.394 e. The molecular formula is C11H14FN3O5. The molecule has 3 aliphatic heterocycles. The lowest BCUT2D eigenvalue weighted by Crippen LogP contribution is -2.56. The monoisotopic (exact) mass is 287 g/mol. The molecule has 5 unspecified atom stereocenters. The molecule has 110 valence electrons. The van der Waals surface area contributed by atoms with Crippen LogP contribution in [0.3, 0.4) is 0 Å². The number of amides is 2. The highest BCUT2D eigenvalue weighted by Gasteiger charge is 2.47. The van der Waals surface area contributed by atoms with E-state index < -0.39 is 49.3 Å². The van der Waals surface area contributed by atoms with Gasteiger partial charge in [-0.1, -0.05) is 0 Å². The van der Waals surface area contributed by atoms with Crippen LogP contribution in [0.25, 0.3) is 0 Å². The minimum absolute atomic E-state index is 0.458. The van der Waals surface area contributed by atoms with Crippen molar-refractivity contribution in [1.82, 2.24) is 15.5 Å². The number of carbonyl (C=O) groups excluding carboxylic acids is 1. The van der Waals surface area contributed by atoms with Crippen LogP contribution in [-0.4, -0.2) is 63.6 Å². The standard InChI is InChI=1S/C11H14FN3O5/c12-6-1-4-2-15(11(19)14-9(4)13-6)10-8(18)7(17)5(3-16)20-10/h1-2,5,7-10,13,16-18H,3H2,(H,14,19). The van der Waals surface area contributed by atoms with Gasteiger partial charge in [-0.3, -0.25) is 4.90 Å². The van der Waals surface area contributed by atoms with Gasteiger partial charge < -0.3 is 30.7 Å². The molecule has 9 heteroatoms. The number of rotatable bonds is 2. The van der Waals surface area contributed by atoms with Crippen molar-refractivity contribution in [2.75, 3.05) is 6.61 Å². The van der Waals surface area contributed by atoms with Gasteiger partial charge in [0.25, 0.3) is 0 Å². The molecule has 8 nitrogen and oxygen atoms in total. The highest BCUT2D eigenvalue weighted by atomic mass is 19.1. The maximum atomic E-state index is 13.1. The van der Waals surface area contributed by atoms with E-state index in [-0.39, 0.29) is 0 Å². The first kappa shape index (κ1) is 13.3. The Morgan fingerprint density at radius 1 is 1.35 bits per heavy atom. The van der Waals surface area contributed by atoms with E-state index in [9.17, 15) is 19.4 Å². The van der Waals surface area contributed by atoms with Crippen molar-refractivity contribution < 1.29 is 29.2 Å². The summed E-state index contributed by atoms with van der Waals surface area (Å²) in [5, 5.41) is 33.5. The van der Waals surface area contributed by atoms with E-state index in [1.165, 1.54) is 12.3 Å². The summed E-state index contributed by atoms with van der Waals surface area (Å²) in [6.45, 7) is -0.487. The maximum Gasteiger partial charge on any atom is 0.325 e. The first-order valence-electron chi connectivity index (χ1n) is 6.08. The molecule has 0 aliphatic carbocycles. The second-order valence-corrected chi connectivity index (χ2v) is 4.78. The van der Waals surface area contributed by atoms with Gasteiger partial charge in [-0.15, -0.1) is 0 Å². The minimum Gasteiger partial charge on any atom is -0.394 e. The van der Waals surface area contributed by atoms with Gasteiger partial charge in [0.15, 0.2) is 12.2 Å². The molecular weight excluding hydrogens is 273 g/mol. The predicted octanol–water partition coefficient (Wildman–Crippen LogP) is -1.93. The van der Waals surface area contributed by atoms with Crippen molar-refractivity contribution in [3.8, 4) is 0 Å². The number of urea groups is 1. The van der Waals surface area contributed by atoms with Gasteiger partial charge in [0.05, 0.1) is 6.61 Å². The summed E-state index contributed by atoms with van der Waals surface area (Å²) in [5.74, 6) is -0.579. The molecule has 0 saturated carbocycles. The fourth-order valence-corrected chi connectivity index (χ4v) is 2.44. The Morgan fingerprint density at radius 3 is 2.75 bits per heavy atom. The molecule has 3 aliphatic rings. The normalized spacial score (nSPS) is 39.9. The van der Waals surface area contributed by atoms with Crippen molar-refractivity contribution in [2.45, 2.75) is 30.7 Å². The van der Waals surface area contributed by atoms with E-state index in [2.05, 4.69) is 10.6 Å². The van der Waals surface area contributed by atoms with Gasteiger partial charge in [0.2, 0.25) is 0 Å². The lowest BCUT2D eigenvalue weighted by molar-refractivity contribution is -0.0664. The number of hydrogen-bond donors (Lipinski definition) is 5. The number of ether oxygens (including phenoxy) is 1. The molecule has 0 spiro atoms. The van der Waals surface area contributed by atoms with Crippen LogP contribution in [-0.2, 0) is 4.74 Å². The number of nitrogens with zero attached hydrogens (tertiary/aromatic N) is 1. The number of aliphatic hydroxyl groups is 3. The number of halogens is 1. The van der Waals surface area contributed by atoms with Crippen LogP contribution in [0.2, 0.25) is 0 Å². The third-order valence-electron chi connectivity index (χ3n) is 3.49. The Balaban J connectivity index is 1.85. The highest BCUT2D eigenvalue weighted by molar-refractivity contribution is 5.78. The lowest BCUT2D eigenvalue weighted by atomic mass is 10.1. The molecule has 3 rings (SSSR count). The van der Waals surface area contributed by atoms with E-state index >= 15 is 0 Å². The van der Waals surface area contributed by atoms with E-state index in [4.69, 9.17) is 9.84 Å². The van der Waals surface area contributed by atoms with Gasteiger partial charge in [0, 0.05) is 11.8 Å². The summed E-state index contributed by atoms with van der Waals surface area (Å²) in [7, 11) is 0. The van der Waals surface area contributed by atoms with Crippen molar-refractivity contribution in [3.63, 3.8) is 0 Å². The van der Waals surface area contributed by atoms with Gasteiger partial charge >= 0.3 is 6.03 Å². The zero-order valence-corrected chi connectivity index (χ0v) is 10.2. The summed E-state index contributed by atoms with van der Waals surface area (Å²) in [6.07, 6.45) is -2.91. The molecule has 0 aromatic rings. The number of fused-ring (bicyclic) bond motifs is 1. The summed E-state index contributed by atoms with van der Waals surface area (Å²) < 4.78 is 18.4. The van der Waals surface area contributed by atoms with Crippen LogP contribution in [0.5, 0.6) is 0 Å². The number of hydrogen-bond acceptors (Lipinski definition) is 6. The van der Waals surface area contributed by atoms with Crippen LogP contribution >= 0.6 is 0 Å². The zero-order chi connectivity index (χ0) is 14.4. The summed E-state index contributed by atoms with van der Waals surface area (Å²) in [6, 6.07) is -0.607. The van der Waals surface area contributed by atoms with Gasteiger partial charge in [-0.05, 0) is 6.08 Å². The fourth-order valence-electron chi connectivity index (χ4n) is 2.44. The average molecular weight is 287 g/mol. The van der Waals surface area contributed by atoms with Gasteiger partial charge in [0.1, 0.15) is 24.5 Å². The summed E-state index contributed by atoms with van der Waals surface area (Å²) in [4.78, 5) is 13.0. The smallest absolute Gasteiger partial charge is 0.325 e. The SMILES string of the molecule is O=C1NC2NC(F)=CC2=CN1C1OC(CO)C(O)C1O. The van der Waals surface area contributed by atoms with E-state index in [1.54, 1.807) is 0 Å². The van der Waals surface area contributed by atoms with Crippen molar-refractivity contribution in [2.24, 2.45) is 0 Å². The van der Waals surface area contributed by atoms with Crippen LogP contribution < -0.4 is 10.6 Å². The van der Waals surface area contributed by atoms with Crippen LogP contribution in [0.1, 0.15) is 0 Å². The van der Waals surface area contributed by atoms with Crippen molar-refractivity contribution in [1.29, 1.82) is 0 Å².